The van der Waals surface area contributed by atoms with E-state index in [0.717, 1.165) is 11.8 Å². The molecule has 1 aliphatic carbocycles. The number of sulfonamides is 1. The molecule has 1 amide bonds. The van der Waals surface area contributed by atoms with Gasteiger partial charge in [0.2, 0.25) is 15.9 Å². The van der Waals surface area contributed by atoms with E-state index < -0.39 is 33.2 Å². The lowest BCUT2D eigenvalue weighted by Crippen LogP contribution is -2.40. The highest BCUT2D eigenvalue weighted by Crippen LogP contribution is 2.43. The zero-order valence-corrected chi connectivity index (χ0v) is 21.4. The van der Waals surface area contributed by atoms with Crippen molar-refractivity contribution in [2.75, 3.05) is 6.26 Å². The smallest absolute Gasteiger partial charge is 0.224 e. The number of benzene rings is 3. The maximum Gasteiger partial charge on any atom is 0.224 e. The normalized spacial score (nSPS) is 19.8. The lowest BCUT2D eigenvalue weighted by Gasteiger charge is -2.26. The number of carbonyl (C=O) groups is 1. The number of nitrogens with two attached hydrogens (primary N) is 1. The second-order valence-electron chi connectivity index (χ2n) is 9.35. The highest BCUT2D eigenvalue weighted by Gasteiger charge is 2.45. The minimum absolute atomic E-state index is 0.0602. The summed E-state index contributed by atoms with van der Waals surface area (Å²) in [5.74, 6) is -0.559. The zero-order valence-electron chi connectivity index (χ0n) is 19.8. The van der Waals surface area contributed by atoms with Crippen molar-refractivity contribution < 1.29 is 22.3 Å². The average molecular weight is 531 g/mol. The minimum Gasteiger partial charge on any atom is -0.487 e. The van der Waals surface area contributed by atoms with Crippen molar-refractivity contribution in [1.82, 2.24) is 4.72 Å². The van der Waals surface area contributed by atoms with E-state index in [2.05, 4.69) is 4.72 Å². The molecule has 0 unspecified atom stereocenters. The Hall–Kier alpha value is -2.94. The molecule has 1 fully saturated rings. The number of hydrogen-bond acceptors (Lipinski definition) is 4. The molecule has 0 spiro atoms. The van der Waals surface area contributed by atoms with Gasteiger partial charge in [-0.15, -0.1) is 0 Å². The maximum atomic E-state index is 15.0. The van der Waals surface area contributed by atoms with Crippen LogP contribution in [0.3, 0.4) is 0 Å². The summed E-state index contributed by atoms with van der Waals surface area (Å²) in [5.41, 5.74) is 7.38. The maximum absolute atomic E-state index is 15.0. The number of rotatable bonds is 9. The third kappa shape index (κ3) is 6.06. The van der Waals surface area contributed by atoms with E-state index in [1.807, 2.05) is 36.4 Å². The van der Waals surface area contributed by atoms with Gasteiger partial charge in [0.1, 0.15) is 18.2 Å². The van der Waals surface area contributed by atoms with Crippen LogP contribution in [0.2, 0.25) is 5.02 Å². The fourth-order valence-electron chi connectivity index (χ4n) is 4.86. The van der Waals surface area contributed by atoms with Crippen LogP contribution in [-0.2, 0) is 27.8 Å². The highest BCUT2D eigenvalue weighted by molar-refractivity contribution is 7.88. The number of nitrogens with one attached hydrogen (secondary N) is 1. The topological polar surface area (TPSA) is 98.5 Å². The SMILES string of the molecule is CS(=O)(=O)N[C@H]1CC[C@](Cc2cc(-c3cccc(Cl)c3OCc3ccccc3)ccc2F)(C(N)=O)C1. The summed E-state index contributed by atoms with van der Waals surface area (Å²) in [7, 11) is -3.44. The third-order valence-corrected chi connectivity index (χ3v) is 7.65. The van der Waals surface area contributed by atoms with Crippen molar-refractivity contribution >= 4 is 27.5 Å². The molecule has 36 heavy (non-hydrogen) atoms. The van der Waals surface area contributed by atoms with Crippen LogP contribution in [0, 0.1) is 11.2 Å². The quantitative estimate of drug-likeness (QED) is 0.413. The van der Waals surface area contributed by atoms with Crippen molar-refractivity contribution in [2.45, 2.75) is 38.3 Å². The Bertz CT molecular complexity index is 1370. The van der Waals surface area contributed by atoms with Crippen LogP contribution in [0.15, 0.2) is 66.7 Å². The van der Waals surface area contributed by atoms with Crippen molar-refractivity contribution in [3.63, 3.8) is 0 Å². The van der Waals surface area contributed by atoms with Gasteiger partial charge in [-0.2, -0.15) is 0 Å². The van der Waals surface area contributed by atoms with Crippen LogP contribution in [0.25, 0.3) is 11.1 Å². The molecule has 2 atom stereocenters. The Morgan fingerprint density at radius 1 is 1.17 bits per heavy atom. The van der Waals surface area contributed by atoms with Gasteiger partial charge in [-0.25, -0.2) is 17.5 Å². The van der Waals surface area contributed by atoms with E-state index >= 15 is 0 Å². The summed E-state index contributed by atoms with van der Waals surface area (Å²) >= 11 is 6.47. The predicted molar refractivity (Wildman–Crippen MR) is 139 cm³/mol. The molecular formula is C27H28ClFN2O4S. The molecule has 0 heterocycles. The zero-order chi connectivity index (χ0) is 25.9. The van der Waals surface area contributed by atoms with E-state index in [9.17, 15) is 17.6 Å². The minimum atomic E-state index is -3.44. The van der Waals surface area contributed by atoms with E-state index in [-0.39, 0.29) is 12.8 Å². The third-order valence-electron chi connectivity index (χ3n) is 6.59. The first-order valence-electron chi connectivity index (χ1n) is 11.6. The highest BCUT2D eigenvalue weighted by atomic mass is 35.5. The van der Waals surface area contributed by atoms with Crippen molar-refractivity contribution in [1.29, 1.82) is 0 Å². The van der Waals surface area contributed by atoms with Gasteiger partial charge in [-0.1, -0.05) is 60.1 Å². The summed E-state index contributed by atoms with van der Waals surface area (Å²) in [5, 5.41) is 0.424. The molecule has 1 aliphatic rings. The molecule has 3 aromatic carbocycles. The van der Waals surface area contributed by atoms with Gasteiger partial charge in [0.05, 0.1) is 16.7 Å². The van der Waals surface area contributed by atoms with Crippen LogP contribution in [-0.4, -0.2) is 26.6 Å². The summed E-state index contributed by atoms with van der Waals surface area (Å²) in [6, 6.07) is 19.3. The van der Waals surface area contributed by atoms with Gasteiger partial charge >= 0.3 is 0 Å². The summed E-state index contributed by atoms with van der Waals surface area (Å²) in [6.07, 6.45) is 2.15. The fourth-order valence-corrected chi connectivity index (χ4v) is 5.89. The summed E-state index contributed by atoms with van der Waals surface area (Å²) in [6.45, 7) is 0.311. The number of ether oxygens (including phenoxy) is 1. The van der Waals surface area contributed by atoms with Gasteiger partial charge in [-0.05, 0) is 60.6 Å². The van der Waals surface area contributed by atoms with Gasteiger partial charge in [0, 0.05) is 11.6 Å². The van der Waals surface area contributed by atoms with Gasteiger partial charge in [0.25, 0.3) is 0 Å². The van der Waals surface area contributed by atoms with Crippen LogP contribution in [0.1, 0.15) is 30.4 Å². The predicted octanol–water partition coefficient (Wildman–Crippen LogP) is 4.84. The van der Waals surface area contributed by atoms with Gasteiger partial charge in [-0.3, -0.25) is 4.79 Å². The van der Waals surface area contributed by atoms with Crippen molar-refractivity contribution in [3.05, 3.63) is 88.7 Å². The molecule has 0 aliphatic heterocycles. The van der Waals surface area contributed by atoms with E-state index in [1.54, 1.807) is 24.3 Å². The Morgan fingerprint density at radius 3 is 2.61 bits per heavy atom. The van der Waals surface area contributed by atoms with Crippen molar-refractivity contribution in [2.24, 2.45) is 11.1 Å². The molecule has 0 bridgehead atoms. The van der Waals surface area contributed by atoms with Crippen LogP contribution >= 0.6 is 11.6 Å². The van der Waals surface area contributed by atoms with Crippen LogP contribution < -0.4 is 15.2 Å². The molecule has 1 saturated carbocycles. The Kier molecular flexibility index (Phi) is 7.68. The average Bonchev–Trinajstić information content (AvgIpc) is 3.22. The van der Waals surface area contributed by atoms with E-state index in [4.69, 9.17) is 22.1 Å². The first-order valence-corrected chi connectivity index (χ1v) is 13.8. The van der Waals surface area contributed by atoms with E-state index in [1.165, 1.54) is 6.07 Å². The summed E-state index contributed by atoms with van der Waals surface area (Å²) < 4.78 is 46.9. The monoisotopic (exact) mass is 530 g/mol. The Morgan fingerprint density at radius 2 is 1.92 bits per heavy atom. The fraction of sp³-hybridized carbons (Fsp3) is 0.296. The lowest BCUT2D eigenvalue weighted by molar-refractivity contribution is -0.127. The van der Waals surface area contributed by atoms with Crippen LogP contribution in [0.5, 0.6) is 5.75 Å². The largest absolute Gasteiger partial charge is 0.487 e. The standard InChI is InChI=1S/C27H28ClFN2O4S/c1-36(33,34)31-21-12-13-27(16-21,26(30)32)15-20-14-19(10-11-24(20)29)22-8-5-9-23(28)25(22)35-17-18-6-3-2-4-7-18/h2-11,14,21,31H,12-13,15-17H2,1H3,(H2,30,32)/t21-,27+/m0/s1. The molecule has 3 N–H and O–H groups in total. The molecule has 6 nitrogen and oxygen atoms in total. The Balaban J connectivity index is 1.63. The number of carbonyl (C=O) groups excluding carboxylic acids is 1. The number of amides is 1. The number of hydrogen-bond donors (Lipinski definition) is 2. The van der Waals surface area contributed by atoms with Crippen molar-refractivity contribution in [3.8, 4) is 16.9 Å². The lowest BCUT2D eigenvalue weighted by atomic mass is 9.78. The molecule has 0 radical (unpaired) electrons. The summed E-state index contributed by atoms with van der Waals surface area (Å²) in [4.78, 5) is 12.5. The molecule has 0 saturated heterocycles. The second-order valence-corrected chi connectivity index (χ2v) is 11.5. The van der Waals surface area contributed by atoms with Gasteiger partial charge < -0.3 is 10.5 Å². The molecule has 190 valence electrons. The molecule has 0 aromatic heterocycles. The number of primary amides is 1. The first-order chi connectivity index (χ1) is 17.1. The van der Waals surface area contributed by atoms with Gasteiger partial charge in [0.15, 0.2) is 0 Å². The number of para-hydroxylation sites is 1. The first kappa shape index (κ1) is 26.1. The number of halogens is 2. The molecule has 9 heteroatoms. The second kappa shape index (κ2) is 10.6. The molecule has 4 rings (SSSR count). The molecular weight excluding hydrogens is 503 g/mol. The molecule has 3 aromatic rings. The Labute approximate surface area is 215 Å². The van der Waals surface area contributed by atoms with Crippen LogP contribution in [0.4, 0.5) is 4.39 Å². The van der Waals surface area contributed by atoms with E-state index in [0.29, 0.717) is 46.9 Å².